The first-order chi connectivity index (χ1) is 8.33. The van der Waals surface area contributed by atoms with E-state index in [1.807, 2.05) is 0 Å². The van der Waals surface area contributed by atoms with Gasteiger partial charge < -0.3 is 4.74 Å². The van der Waals surface area contributed by atoms with Gasteiger partial charge in [-0.05, 0) is 49.7 Å². The summed E-state index contributed by atoms with van der Waals surface area (Å²) in [6.07, 6.45) is 4.99. The van der Waals surface area contributed by atoms with Gasteiger partial charge in [0, 0.05) is 18.0 Å². The molecule has 1 aromatic carbocycles. The molecule has 0 radical (unpaired) electrons. The minimum Gasteiger partial charge on any atom is -0.382 e. The van der Waals surface area contributed by atoms with Crippen molar-refractivity contribution in [1.29, 1.82) is 0 Å². The number of benzene rings is 1. The first kappa shape index (κ1) is 13.1. The fourth-order valence-electron chi connectivity index (χ4n) is 2.65. The molecule has 0 bridgehead atoms. The van der Waals surface area contributed by atoms with Gasteiger partial charge >= 0.3 is 0 Å². The zero-order chi connectivity index (χ0) is 12.1. The second kappa shape index (κ2) is 6.55. The summed E-state index contributed by atoms with van der Waals surface area (Å²) in [5, 5.41) is 0. The molecule has 1 aromatic rings. The quantitative estimate of drug-likeness (QED) is 0.574. The van der Waals surface area contributed by atoms with E-state index in [2.05, 4.69) is 47.1 Å². The minimum absolute atomic E-state index is 0.536. The normalized spacial score (nSPS) is 23.4. The number of rotatable bonds is 5. The SMILES string of the molecule is CCOCCCC1CCc2ccccc2C1Br. The van der Waals surface area contributed by atoms with Crippen molar-refractivity contribution < 1.29 is 4.74 Å². The van der Waals surface area contributed by atoms with Gasteiger partial charge in [-0.2, -0.15) is 0 Å². The Bertz CT molecular complexity index is 351. The average Bonchev–Trinajstić information content (AvgIpc) is 2.37. The Labute approximate surface area is 113 Å². The second-order valence-corrected chi connectivity index (χ2v) is 5.72. The van der Waals surface area contributed by atoms with Gasteiger partial charge in [0.2, 0.25) is 0 Å². The highest BCUT2D eigenvalue weighted by Crippen LogP contribution is 2.42. The largest absolute Gasteiger partial charge is 0.382 e. The molecule has 1 aliphatic rings. The summed E-state index contributed by atoms with van der Waals surface area (Å²) >= 11 is 3.88. The third-order valence-corrected chi connectivity index (χ3v) is 4.86. The molecule has 1 nitrogen and oxygen atoms in total. The summed E-state index contributed by atoms with van der Waals surface area (Å²) in [6.45, 7) is 3.81. The Morgan fingerprint density at radius 1 is 1.35 bits per heavy atom. The summed E-state index contributed by atoms with van der Waals surface area (Å²) in [6, 6.07) is 8.83. The van der Waals surface area contributed by atoms with E-state index in [0.717, 1.165) is 19.1 Å². The van der Waals surface area contributed by atoms with Crippen LogP contribution in [0.3, 0.4) is 0 Å². The molecule has 0 aromatic heterocycles. The maximum atomic E-state index is 5.41. The zero-order valence-corrected chi connectivity index (χ0v) is 12.1. The highest BCUT2D eigenvalue weighted by atomic mass is 79.9. The number of fused-ring (bicyclic) bond motifs is 1. The van der Waals surface area contributed by atoms with Crippen molar-refractivity contribution in [1.82, 2.24) is 0 Å². The van der Waals surface area contributed by atoms with E-state index in [-0.39, 0.29) is 0 Å². The molecular formula is C15H21BrO. The van der Waals surface area contributed by atoms with Gasteiger partial charge in [0.05, 0.1) is 0 Å². The van der Waals surface area contributed by atoms with Crippen molar-refractivity contribution in [2.24, 2.45) is 5.92 Å². The molecule has 2 atom stereocenters. The summed E-state index contributed by atoms with van der Waals surface area (Å²) in [5.74, 6) is 0.769. The fraction of sp³-hybridized carbons (Fsp3) is 0.600. The summed E-state index contributed by atoms with van der Waals surface area (Å²) < 4.78 is 5.41. The molecule has 17 heavy (non-hydrogen) atoms. The number of hydrogen-bond donors (Lipinski definition) is 0. The third kappa shape index (κ3) is 3.32. The van der Waals surface area contributed by atoms with Crippen LogP contribution in [0, 0.1) is 5.92 Å². The molecule has 0 amide bonds. The van der Waals surface area contributed by atoms with Crippen LogP contribution in [0.4, 0.5) is 0 Å². The minimum atomic E-state index is 0.536. The van der Waals surface area contributed by atoms with Crippen LogP contribution in [0.25, 0.3) is 0 Å². The predicted molar refractivity (Wildman–Crippen MR) is 75.6 cm³/mol. The van der Waals surface area contributed by atoms with Gasteiger partial charge in [-0.3, -0.25) is 0 Å². The average molecular weight is 297 g/mol. The highest BCUT2D eigenvalue weighted by molar-refractivity contribution is 9.09. The maximum Gasteiger partial charge on any atom is 0.0466 e. The van der Waals surface area contributed by atoms with Crippen molar-refractivity contribution in [2.45, 2.75) is 37.4 Å². The van der Waals surface area contributed by atoms with Crippen LogP contribution in [0.1, 0.15) is 42.1 Å². The number of hydrogen-bond acceptors (Lipinski definition) is 1. The lowest BCUT2D eigenvalue weighted by molar-refractivity contribution is 0.138. The van der Waals surface area contributed by atoms with E-state index in [9.17, 15) is 0 Å². The van der Waals surface area contributed by atoms with Gasteiger partial charge in [-0.25, -0.2) is 0 Å². The number of alkyl halides is 1. The lowest BCUT2D eigenvalue weighted by Gasteiger charge is -2.30. The Balaban J connectivity index is 1.90. The first-order valence-electron chi connectivity index (χ1n) is 6.62. The Kier molecular flexibility index (Phi) is 5.05. The topological polar surface area (TPSA) is 9.23 Å². The van der Waals surface area contributed by atoms with E-state index in [1.54, 1.807) is 0 Å². The van der Waals surface area contributed by atoms with Crippen LogP contribution in [0.5, 0.6) is 0 Å². The lowest BCUT2D eigenvalue weighted by atomic mass is 9.81. The molecule has 2 heteroatoms. The van der Waals surface area contributed by atoms with Gasteiger partial charge in [-0.1, -0.05) is 40.2 Å². The number of ether oxygens (including phenoxy) is 1. The van der Waals surface area contributed by atoms with Gasteiger partial charge in [-0.15, -0.1) is 0 Å². The molecule has 0 saturated carbocycles. The van der Waals surface area contributed by atoms with E-state index < -0.39 is 0 Å². The van der Waals surface area contributed by atoms with E-state index in [0.29, 0.717) is 4.83 Å². The molecule has 1 aliphatic carbocycles. The van der Waals surface area contributed by atoms with E-state index in [1.165, 1.54) is 36.8 Å². The van der Waals surface area contributed by atoms with Crippen molar-refractivity contribution in [3.63, 3.8) is 0 Å². The van der Waals surface area contributed by atoms with Crippen molar-refractivity contribution >= 4 is 15.9 Å². The van der Waals surface area contributed by atoms with Crippen molar-refractivity contribution in [3.8, 4) is 0 Å². The maximum absolute atomic E-state index is 5.41. The summed E-state index contributed by atoms with van der Waals surface area (Å²) in [7, 11) is 0. The molecule has 0 N–H and O–H groups in total. The Morgan fingerprint density at radius 3 is 3.00 bits per heavy atom. The standard InChI is InChI=1S/C15H21BrO/c1-2-17-11-5-7-13-10-9-12-6-3-4-8-14(12)15(13)16/h3-4,6,8,13,15H,2,5,7,9-11H2,1H3. The van der Waals surface area contributed by atoms with Crippen molar-refractivity contribution in [2.75, 3.05) is 13.2 Å². The van der Waals surface area contributed by atoms with Crippen LogP contribution in [-0.4, -0.2) is 13.2 Å². The number of aryl methyl sites for hydroxylation is 1. The Morgan fingerprint density at radius 2 is 2.18 bits per heavy atom. The van der Waals surface area contributed by atoms with E-state index >= 15 is 0 Å². The molecule has 0 fully saturated rings. The van der Waals surface area contributed by atoms with Crippen LogP contribution in [0.15, 0.2) is 24.3 Å². The lowest BCUT2D eigenvalue weighted by Crippen LogP contribution is -2.17. The second-order valence-electron chi connectivity index (χ2n) is 4.74. The van der Waals surface area contributed by atoms with Gasteiger partial charge in [0.1, 0.15) is 0 Å². The molecule has 0 aliphatic heterocycles. The first-order valence-corrected chi connectivity index (χ1v) is 7.54. The summed E-state index contributed by atoms with van der Waals surface area (Å²) in [5.41, 5.74) is 3.02. The highest BCUT2D eigenvalue weighted by Gasteiger charge is 2.26. The summed E-state index contributed by atoms with van der Waals surface area (Å²) in [4.78, 5) is 0.536. The van der Waals surface area contributed by atoms with Crippen LogP contribution >= 0.6 is 15.9 Å². The molecule has 0 spiro atoms. The molecule has 0 heterocycles. The van der Waals surface area contributed by atoms with Crippen molar-refractivity contribution in [3.05, 3.63) is 35.4 Å². The van der Waals surface area contributed by atoms with Crippen LogP contribution < -0.4 is 0 Å². The molecule has 2 rings (SSSR count). The predicted octanol–water partition coefficient (Wildman–Crippen LogP) is 4.50. The molecule has 2 unspecified atom stereocenters. The molecule has 0 saturated heterocycles. The smallest absolute Gasteiger partial charge is 0.0466 e. The fourth-order valence-corrected chi connectivity index (χ4v) is 3.63. The van der Waals surface area contributed by atoms with E-state index in [4.69, 9.17) is 4.74 Å². The van der Waals surface area contributed by atoms with Crippen LogP contribution in [0.2, 0.25) is 0 Å². The molecule has 94 valence electrons. The van der Waals surface area contributed by atoms with Gasteiger partial charge in [0.25, 0.3) is 0 Å². The number of halogens is 1. The van der Waals surface area contributed by atoms with Gasteiger partial charge in [0.15, 0.2) is 0 Å². The Hall–Kier alpha value is -0.340. The molecular weight excluding hydrogens is 276 g/mol. The van der Waals surface area contributed by atoms with Crippen LogP contribution in [-0.2, 0) is 11.2 Å². The zero-order valence-electron chi connectivity index (χ0n) is 10.5. The monoisotopic (exact) mass is 296 g/mol. The third-order valence-electron chi connectivity index (χ3n) is 3.62.